The zero-order valence-electron chi connectivity index (χ0n) is 11.0. The molecule has 0 aliphatic carbocycles. The summed E-state index contributed by atoms with van der Waals surface area (Å²) >= 11 is 0. The van der Waals surface area contributed by atoms with E-state index in [2.05, 4.69) is 10.1 Å². The van der Waals surface area contributed by atoms with Gasteiger partial charge in [0.1, 0.15) is 5.82 Å². The highest BCUT2D eigenvalue weighted by Crippen LogP contribution is 2.32. The Hall–Kier alpha value is -2.70. The first kappa shape index (κ1) is 14.2. The molecule has 0 atom stereocenters. The molecule has 22 heavy (non-hydrogen) atoms. The van der Waals surface area contributed by atoms with E-state index in [4.69, 9.17) is 0 Å². The van der Waals surface area contributed by atoms with E-state index in [0.717, 1.165) is 11.6 Å². The van der Waals surface area contributed by atoms with Gasteiger partial charge in [-0.25, -0.2) is 9.07 Å². The molecule has 3 nitrogen and oxygen atoms in total. The lowest BCUT2D eigenvalue weighted by Gasteiger charge is -2.11. The maximum atomic E-state index is 13.7. The van der Waals surface area contributed by atoms with Gasteiger partial charge in [-0.3, -0.25) is 4.98 Å². The van der Waals surface area contributed by atoms with Crippen molar-refractivity contribution in [2.24, 2.45) is 0 Å². The van der Waals surface area contributed by atoms with Gasteiger partial charge >= 0.3 is 6.18 Å². The van der Waals surface area contributed by atoms with Gasteiger partial charge in [-0.05, 0) is 30.3 Å². The normalized spacial score (nSPS) is 11.6. The van der Waals surface area contributed by atoms with Gasteiger partial charge in [0, 0.05) is 24.0 Å². The van der Waals surface area contributed by atoms with Crippen LogP contribution in [0.15, 0.2) is 55.0 Å². The average Bonchev–Trinajstić information content (AvgIpc) is 2.96. The Bertz CT molecular complexity index is 794. The van der Waals surface area contributed by atoms with Gasteiger partial charge in [0.15, 0.2) is 0 Å². The summed E-state index contributed by atoms with van der Waals surface area (Å²) in [6, 6.07) is 7.88. The van der Waals surface area contributed by atoms with Crippen molar-refractivity contribution < 1.29 is 17.6 Å². The number of rotatable bonds is 2. The largest absolute Gasteiger partial charge is 0.419 e. The summed E-state index contributed by atoms with van der Waals surface area (Å²) in [5, 5.41) is 4.04. The summed E-state index contributed by atoms with van der Waals surface area (Å²) in [4.78, 5) is 3.98. The van der Waals surface area contributed by atoms with Crippen molar-refractivity contribution in [3.8, 4) is 16.9 Å². The van der Waals surface area contributed by atoms with Gasteiger partial charge in [-0.2, -0.15) is 18.3 Å². The Morgan fingerprint density at radius 2 is 1.82 bits per heavy atom. The van der Waals surface area contributed by atoms with Crippen molar-refractivity contribution in [2.45, 2.75) is 6.18 Å². The third kappa shape index (κ3) is 2.57. The van der Waals surface area contributed by atoms with Crippen molar-refractivity contribution >= 4 is 0 Å². The third-order valence-electron chi connectivity index (χ3n) is 3.10. The molecule has 3 rings (SSSR count). The number of hydrogen-bond donors (Lipinski definition) is 0. The molecule has 112 valence electrons. The van der Waals surface area contributed by atoms with Gasteiger partial charge < -0.3 is 0 Å². The van der Waals surface area contributed by atoms with E-state index in [1.54, 1.807) is 30.6 Å². The lowest BCUT2D eigenvalue weighted by molar-refractivity contribution is -0.139. The molecule has 2 heterocycles. The molecule has 0 aliphatic rings. The fraction of sp³-hybridized carbons (Fsp3) is 0.0667. The van der Waals surface area contributed by atoms with E-state index in [-0.39, 0.29) is 5.69 Å². The highest BCUT2D eigenvalue weighted by atomic mass is 19.4. The summed E-state index contributed by atoms with van der Waals surface area (Å²) in [6.07, 6.45) is -0.0488. The van der Waals surface area contributed by atoms with Crippen LogP contribution in [0, 0.1) is 5.82 Å². The second-order valence-corrected chi connectivity index (χ2v) is 4.53. The lowest BCUT2D eigenvalue weighted by atomic mass is 10.1. The molecule has 7 heteroatoms. The second kappa shape index (κ2) is 5.25. The number of pyridine rings is 1. The van der Waals surface area contributed by atoms with E-state index in [1.807, 2.05) is 0 Å². The number of hydrogen-bond acceptors (Lipinski definition) is 2. The molecule has 0 bridgehead atoms. The molecule has 0 amide bonds. The van der Waals surface area contributed by atoms with Crippen LogP contribution >= 0.6 is 0 Å². The predicted octanol–water partition coefficient (Wildman–Crippen LogP) is 4.09. The van der Waals surface area contributed by atoms with Crippen molar-refractivity contribution in [2.75, 3.05) is 0 Å². The van der Waals surface area contributed by atoms with Crippen LogP contribution in [0.4, 0.5) is 17.6 Å². The zero-order chi connectivity index (χ0) is 15.7. The first-order valence-corrected chi connectivity index (χ1v) is 6.28. The fourth-order valence-corrected chi connectivity index (χ4v) is 2.11. The van der Waals surface area contributed by atoms with Gasteiger partial charge in [0.2, 0.25) is 0 Å². The predicted molar refractivity (Wildman–Crippen MR) is 71.8 cm³/mol. The topological polar surface area (TPSA) is 30.7 Å². The van der Waals surface area contributed by atoms with Crippen LogP contribution < -0.4 is 0 Å². The Balaban J connectivity index is 2.07. The van der Waals surface area contributed by atoms with E-state index >= 15 is 0 Å². The van der Waals surface area contributed by atoms with Crippen molar-refractivity contribution in [3.63, 3.8) is 0 Å². The first-order valence-electron chi connectivity index (χ1n) is 6.28. The van der Waals surface area contributed by atoms with Crippen molar-refractivity contribution in [3.05, 3.63) is 66.4 Å². The van der Waals surface area contributed by atoms with Crippen molar-refractivity contribution in [1.29, 1.82) is 0 Å². The van der Waals surface area contributed by atoms with E-state index in [9.17, 15) is 17.6 Å². The maximum absolute atomic E-state index is 13.7. The van der Waals surface area contributed by atoms with Gasteiger partial charge in [-0.15, -0.1) is 0 Å². The van der Waals surface area contributed by atoms with E-state index < -0.39 is 17.6 Å². The van der Waals surface area contributed by atoms with Crippen LogP contribution in [0.25, 0.3) is 16.9 Å². The number of aromatic nitrogens is 3. The van der Waals surface area contributed by atoms with Crippen LogP contribution in [-0.2, 0) is 6.18 Å². The molecule has 0 radical (unpaired) electrons. The molecule has 1 aromatic carbocycles. The number of benzene rings is 1. The smallest absolute Gasteiger partial charge is 0.264 e. The Kier molecular flexibility index (Phi) is 3.40. The molecule has 0 unspecified atom stereocenters. The SMILES string of the molecule is Fc1cc(-n2nccc2-c2cccnc2)ccc1C(F)(F)F. The molecule has 0 saturated carbocycles. The molecule has 0 aliphatic heterocycles. The first-order chi connectivity index (χ1) is 10.5. The third-order valence-corrected chi connectivity index (χ3v) is 3.10. The van der Waals surface area contributed by atoms with Crippen LogP contribution in [-0.4, -0.2) is 14.8 Å². The molecule has 0 saturated heterocycles. The Morgan fingerprint density at radius 1 is 1.00 bits per heavy atom. The quantitative estimate of drug-likeness (QED) is 0.668. The molecular weight excluding hydrogens is 298 g/mol. The summed E-state index contributed by atoms with van der Waals surface area (Å²) in [5.41, 5.74) is 0.230. The summed E-state index contributed by atoms with van der Waals surface area (Å²) in [7, 11) is 0. The molecular formula is C15H9F4N3. The lowest BCUT2D eigenvalue weighted by Crippen LogP contribution is -2.09. The van der Waals surface area contributed by atoms with Gasteiger partial charge in [0.25, 0.3) is 0 Å². The molecule has 0 spiro atoms. The van der Waals surface area contributed by atoms with Crippen LogP contribution in [0.1, 0.15) is 5.56 Å². The number of nitrogens with zero attached hydrogens (tertiary/aromatic N) is 3. The molecule has 0 N–H and O–H groups in total. The minimum absolute atomic E-state index is 0.203. The van der Waals surface area contributed by atoms with Crippen molar-refractivity contribution in [1.82, 2.24) is 14.8 Å². The average molecular weight is 307 g/mol. The summed E-state index contributed by atoms with van der Waals surface area (Å²) < 4.78 is 52.8. The van der Waals surface area contributed by atoms with Gasteiger partial charge in [-0.1, -0.05) is 0 Å². The molecule has 2 aromatic heterocycles. The summed E-state index contributed by atoms with van der Waals surface area (Å²) in [5.74, 6) is -1.34. The standard InChI is InChI=1S/C15H9F4N3/c16-13-8-11(3-4-12(13)15(17,18)19)22-14(5-7-21-22)10-2-1-6-20-9-10/h1-9H. The number of halogens is 4. The highest BCUT2D eigenvalue weighted by molar-refractivity contribution is 5.60. The van der Waals surface area contributed by atoms with Crippen LogP contribution in [0.2, 0.25) is 0 Å². The Labute approximate surface area is 122 Å². The monoisotopic (exact) mass is 307 g/mol. The molecule has 3 aromatic rings. The van der Waals surface area contributed by atoms with E-state index in [0.29, 0.717) is 11.8 Å². The Morgan fingerprint density at radius 3 is 2.45 bits per heavy atom. The zero-order valence-corrected chi connectivity index (χ0v) is 11.0. The number of alkyl halides is 3. The van der Waals surface area contributed by atoms with Gasteiger partial charge in [0.05, 0.1) is 23.1 Å². The fourth-order valence-electron chi connectivity index (χ4n) is 2.11. The second-order valence-electron chi connectivity index (χ2n) is 4.53. The highest BCUT2D eigenvalue weighted by Gasteiger charge is 2.34. The summed E-state index contributed by atoms with van der Waals surface area (Å²) in [6.45, 7) is 0. The maximum Gasteiger partial charge on any atom is 0.419 e. The molecule has 0 fully saturated rings. The minimum atomic E-state index is -4.72. The van der Waals surface area contributed by atoms with Crippen LogP contribution in [0.3, 0.4) is 0 Å². The minimum Gasteiger partial charge on any atom is -0.264 e. The van der Waals surface area contributed by atoms with Crippen LogP contribution in [0.5, 0.6) is 0 Å². The van der Waals surface area contributed by atoms with E-state index in [1.165, 1.54) is 16.9 Å².